The van der Waals surface area contributed by atoms with E-state index >= 15 is 0 Å². The zero-order valence-corrected chi connectivity index (χ0v) is 18.2. The summed E-state index contributed by atoms with van der Waals surface area (Å²) in [5.74, 6) is -1.14. The maximum Gasteiger partial charge on any atom is 0.306 e. The number of sulfone groups is 1. The number of ether oxygens (including phenoxy) is 1. The summed E-state index contributed by atoms with van der Waals surface area (Å²) in [6.45, 7) is 3.79. The number of rotatable bonds is 9. The number of ketones is 1. The van der Waals surface area contributed by atoms with Gasteiger partial charge in [-0.2, -0.15) is 0 Å². The molecule has 0 N–H and O–H groups in total. The number of Topliss-reactive ketones (excluding diaryl/α,β-unsaturated/α-hetero) is 1. The van der Waals surface area contributed by atoms with Gasteiger partial charge in [-0.25, -0.2) is 8.42 Å². The number of hydrogen-bond acceptors (Lipinski definition) is 6. The number of hydrogen-bond donors (Lipinski definition) is 0. The van der Waals surface area contributed by atoms with E-state index in [0.717, 1.165) is 0 Å². The fraction of sp³-hybridized carbons (Fsp3) is 0.550. The molecule has 1 aromatic rings. The van der Waals surface area contributed by atoms with Gasteiger partial charge in [0, 0.05) is 29.6 Å². The summed E-state index contributed by atoms with van der Waals surface area (Å²) in [7, 11) is -3.14. The largest absolute Gasteiger partial charge is 0.456 e. The van der Waals surface area contributed by atoms with Crippen LogP contribution in [-0.2, 0) is 24.2 Å². The normalized spacial score (nSPS) is 17.9. The van der Waals surface area contributed by atoms with Crippen LogP contribution in [0.4, 0.5) is 0 Å². The molecule has 0 aromatic heterocycles. The Bertz CT molecular complexity index is 850. The SMILES string of the molecule is CC(C)CN(C(=O)COC(=O)CCC(=O)c1ccc(Cl)cc1)C1CCS(=O)(=O)C1. The van der Waals surface area contributed by atoms with Crippen LogP contribution in [0.15, 0.2) is 24.3 Å². The van der Waals surface area contributed by atoms with Gasteiger partial charge in [-0.1, -0.05) is 25.4 Å². The zero-order chi connectivity index (χ0) is 21.6. The molecule has 29 heavy (non-hydrogen) atoms. The monoisotopic (exact) mass is 443 g/mol. The molecule has 7 nitrogen and oxygen atoms in total. The Morgan fingerprint density at radius 2 is 1.83 bits per heavy atom. The second kappa shape index (κ2) is 10.2. The molecule has 1 heterocycles. The highest BCUT2D eigenvalue weighted by molar-refractivity contribution is 7.91. The molecular weight excluding hydrogens is 418 g/mol. The highest BCUT2D eigenvalue weighted by Gasteiger charge is 2.35. The smallest absolute Gasteiger partial charge is 0.306 e. The summed E-state index contributed by atoms with van der Waals surface area (Å²) in [6, 6.07) is 5.97. The van der Waals surface area contributed by atoms with Crippen LogP contribution >= 0.6 is 11.6 Å². The van der Waals surface area contributed by atoms with Crippen LogP contribution in [0.3, 0.4) is 0 Å². The molecule has 1 unspecified atom stereocenters. The molecule has 1 saturated heterocycles. The molecule has 1 fully saturated rings. The van der Waals surface area contributed by atoms with Gasteiger partial charge in [0.2, 0.25) is 0 Å². The van der Waals surface area contributed by atoms with E-state index in [9.17, 15) is 22.8 Å². The number of amides is 1. The first-order chi connectivity index (χ1) is 13.6. The van der Waals surface area contributed by atoms with Crippen LogP contribution in [0.25, 0.3) is 0 Å². The number of halogens is 1. The number of nitrogens with zero attached hydrogens (tertiary/aromatic N) is 1. The van der Waals surface area contributed by atoms with Gasteiger partial charge in [-0.15, -0.1) is 0 Å². The molecule has 0 spiro atoms. The molecule has 0 bridgehead atoms. The highest BCUT2D eigenvalue weighted by atomic mass is 35.5. The summed E-state index contributed by atoms with van der Waals surface area (Å²) in [5.41, 5.74) is 0.448. The van der Waals surface area contributed by atoms with E-state index in [1.54, 1.807) is 24.3 Å². The minimum Gasteiger partial charge on any atom is -0.456 e. The Kier molecular flexibility index (Phi) is 8.22. The third-order valence-corrected chi connectivity index (χ3v) is 6.61. The molecule has 9 heteroatoms. The van der Waals surface area contributed by atoms with E-state index in [2.05, 4.69) is 0 Å². The fourth-order valence-electron chi connectivity index (χ4n) is 3.16. The van der Waals surface area contributed by atoms with Crippen LogP contribution in [-0.4, -0.2) is 61.7 Å². The van der Waals surface area contributed by atoms with Gasteiger partial charge in [0.1, 0.15) is 0 Å². The van der Waals surface area contributed by atoms with Crippen LogP contribution in [0.5, 0.6) is 0 Å². The number of carbonyl (C=O) groups excluding carboxylic acids is 3. The van der Waals surface area contributed by atoms with Crippen molar-refractivity contribution in [2.24, 2.45) is 5.92 Å². The number of carbonyl (C=O) groups is 3. The van der Waals surface area contributed by atoms with E-state index in [1.807, 2.05) is 13.8 Å². The topological polar surface area (TPSA) is 97.8 Å². The molecule has 1 aliphatic rings. The van der Waals surface area contributed by atoms with Gasteiger partial charge >= 0.3 is 5.97 Å². The Hall–Kier alpha value is -1.93. The molecule has 1 aliphatic heterocycles. The van der Waals surface area contributed by atoms with Crippen molar-refractivity contribution in [3.63, 3.8) is 0 Å². The molecule has 0 aliphatic carbocycles. The maximum atomic E-state index is 12.5. The number of esters is 1. The first-order valence-electron chi connectivity index (χ1n) is 9.51. The standard InChI is InChI=1S/C20H26ClNO6S/c1-14(2)11-22(17-9-10-29(26,27)13-17)19(24)12-28-20(25)8-7-18(23)15-3-5-16(21)6-4-15/h3-6,14,17H,7-13H2,1-2H3. The van der Waals surface area contributed by atoms with Crippen molar-refractivity contribution in [2.45, 2.75) is 39.2 Å². The zero-order valence-electron chi connectivity index (χ0n) is 16.6. The second-order valence-electron chi connectivity index (χ2n) is 7.59. The Labute approximate surface area is 176 Å². The highest BCUT2D eigenvalue weighted by Crippen LogP contribution is 2.19. The average molecular weight is 444 g/mol. The van der Waals surface area contributed by atoms with Crippen molar-refractivity contribution in [3.8, 4) is 0 Å². The van der Waals surface area contributed by atoms with Gasteiger partial charge in [0.05, 0.1) is 17.9 Å². The Morgan fingerprint density at radius 3 is 2.38 bits per heavy atom. The quantitative estimate of drug-likeness (QED) is 0.429. The van der Waals surface area contributed by atoms with Gasteiger partial charge < -0.3 is 9.64 Å². The van der Waals surface area contributed by atoms with Crippen molar-refractivity contribution in [1.29, 1.82) is 0 Å². The number of benzene rings is 1. The molecule has 160 valence electrons. The van der Waals surface area contributed by atoms with Crippen LogP contribution in [0.1, 0.15) is 43.5 Å². The molecule has 0 saturated carbocycles. The summed E-state index contributed by atoms with van der Waals surface area (Å²) < 4.78 is 28.5. The van der Waals surface area contributed by atoms with Crippen LogP contribution < -0.4 is 0 Å². The predicted octanol–water partition coefficient (Wildman–Crippen LogP) is 2.52. The van der Waals surface area contributed by atoms with Crippen molar-refractivity contribution in [2.75, 3.05) is 24.7 Å². The minimum absolute atomic E-state index is 0.0365. The Morgan fingerprint density at radius 1 is 1.17 bits per heavy atom. The van der Waals surface area contributed by atoms with Crippen molar-refractivity contribution >= 4 is 39.1 Å². The van der Waals surface area contributed by atoms with E-state index < -0.39 is 28.3 Å². The van der Waals surface area contributed by atoms with Gasteiger partial charge in [0.25, 0.3) is 5.91 Å². The van der Waals surface area contributed by atoms with Gasteiger partial charge in [-0.3, -0.25) is 14.4 Å². The fourth-order valence-corrected chi connectivity index (χ4v) is 5.02. The van der Waals surface area contributed by atoms with E-state index in [4.69, 9.17) is 16.3 Å². The van der Waals surface area contributed by atoms with Crippen molar-refractivity contribution in [3.05, 3.63) is 34.9 Å². The first kappa shape index (κ1) is 23.3. The van der Waals surface area contributed by atoms with Gasteiger partial charge in [0.15, 0.2) is 22.2 Å². The summed E-state index contributed by atoms with van der Waals surface area (Å²) in [4.78, 5) is 38.1. The first-order valence-corrected chi connectivity index (χ1v) is 11.7. The minimum atomic E-state index is -3.14. The van der Waals surface area contributed by atoms with E-state index in [-0.39, 0.29) is 42.1 Å². The third kappa shape index (κ3) is 7.44. The van der Waals surface area contributed by atoms with E-state index in [0.29, 0.717) is 23.6 Å². The van der Waals surface area contributed by atoms with Crippen LogP contribution in [0.2, 0.25) is 5.02 Å². The van der Waals surface area contributed by atoms with Crippen LogP contribution in [0, 0.1) is 5.92 Å². The summed E-state index contributed by atoms with van der Waals surface area (Å²) in [5, 5.41) is 0.514. The lowest BCUT2D eigenvalue weighted by Crippen LogP contribution is -2.45. The second-order valence-corrected chi connectivity index (χ2v) is 10.3. The van der Waals surface area contributed by atoms with Gasteiger partial charge in [-0.05, 0) is 36.6 Å². The molecule has 1 amide bonds. The third-order valence-electron chi connectivity index (χ3n) is 4.61. The van der Waals surface area contributed by atoms with Crippen molar-refractivity contribution in [1.82, 2.24) is 4.90 Å². The Balaban J connectivity index is 1.84. The maximum absolute atomic E-state index is 12.5. The molecule has 1 atom stereocenters. The molecular formula is C20H26ClNO6S. The summed E-state index contributed by atoms with van der Waals surface area (Å²) in [6.07, 6.45) is 0.215. The molecule has 1 aromatic carbocycles. The van der Waals surface area contributed by atoms with Crippen molar-refractivity contribution < 1.29 is 27.5 Å². The molecule has 2 rings (SSSR count). The average Bonchev–Trinajstić information content (AvgIpc) is 3.02. The lowest BCUT2D eigenvalue weighted by Gasteiger charge is -2.29. The summed E-state index contributed by atoms with van der Waals surface area (Å²) >= 11 is 5.78. The molecule has 0 radical (unpaired) electrons. The lowest BCUT2D eigenvalue weighted by molar-refractivity contribution is -0.153. The van der Waals surface area contributed by atoms with E-state index in [1.165, 1.54) is 4.90 Å². The predicted molar refractivity (Wildman–Crippen MR) is 110 cm³/mol. The lowest BCUT2D eigenvalue weighted by atomic mass is 10.1.